The van der Waals surface area contributed by atoms with Gasteiger partial charge in [-0.1, -0.05) is 6.92 Å². The normalized spacial score (nSPS) is 38.2. The molecule has 1 rings (SSSR count). The molecule has 1 fully saturated rings. The Labute approximate surface area is 59.8 Å². The van der Waals surface area contributed by atoms with E-state index in [9.17, 15) is 0 Å². The monoisotopic (exact) mass is 148 g/mol. The molecular formula is C6H12S2. The van der Waals surface area contributed by atoms with Gasteiger partial charge in [0.1, 0.15) is 0 Å². The molecule has 2 atom stereocenters. The maximum Gasteiger partial charge on any atom is 0.0502 e. The summed E-state index contributed by atoms with van der Waals surface area (Å²) in [5.74, 6) is 2.35. The molecule has 0 aromatic heterocycles. The third-order valence-electron chi connectivity index (χ3n) is 1.42. The van der Waals surface area contributed by atoms with E-state index in [-0.39, 0.29) is 0 Å². The van der Waals surface area contributed by atoms with Gasteiger partial charge in [0, 0.05) is 0 Å². The van der Waals surface area contributed by atoms with Crippen molar-refractivity contribution in [3.05, 3.63) is 0 Å². The third kappa shape index (κ3) is 1.59. The summed E-state index contributed by atoms with van der Waals surface area (Å²) in [4.78, 5) is 0. The van der Waals surface area contributed by atoms with Crippen LogP contribution in [0.15, 0.2) is 0 Å². The van der Waals surface area contributed by atoms with Crippen LogP contribution in [-0.2, 0) is 0 Å². The molecule has 0 nitrogen and oxygen atoms in total. The molecule has 1 heterocycles. The molecule has 2 heteroatoms. The summed E-state index contributed by atoms with van der Waals surface area (Å²) in [5.41, 5.74) is 0. The van der Waals surface area contributed by atoms with Crippen molar-refractivity contribution in [3.8, 4) is 0 Å². The van der Waals surface area contributed by atoms with E-state index in [2.05, 4.69) is 24.9 Å². The van der Waals surface area contributed by atoms with E-state index in [0.717, 1.165) is 10.5 Å². The fourth-order valence-electron chi connectivity index (χ4n) is 0.900. The smallest absolute Gasteiger partial charge is 0.0502 e. The Hall–Kier alpha value is 0.700. The molecule has 1 saturated heterocycles. The summed E-state index contributed by atoms with van der Waals surface area (Å²) < 4.78 is 0.907. The highest BCUT2D eigenvalue weighted by Gasteiger charge is 2.19. The maximum atomic E-state index is 2.34. The Morgan fingerprint density at radius 1 is 1.62 bits per heavy atom. The average molecular weight is 148 g/mol. The van der Waals surface area contributed by atoms with Crippen molar-refractivity contribution in [1.82, 2.24) is 0 Å². The minimum absolute atomic E-state index is 0.907. The Balaban J connectivity index is 2.22. The first-order valence-electron chi connectivity index (χ1n) is 2.97. The van der Waals surface area contributed by atoms with Crippen LogP contribution < -0.4 is 0 Å². The largest absolute Gasteiger partial charge is 0.151 e. The highest BCUT2D eigenvalue weighted by Crippen LogP contribution is 2.36. The summed E-state index contributed by atoms with van der Waals surface area (Å²) in [5, 5.41) is 0. The molecule has 0 radical (unpaired) electrons. The van der Waals surface area contributed by atoms with Crippen LogP contribution in [0.25, 0.3) is 0 Å². The lowest BCUT2D eigenvalue weighted by Crippen LogP contribution is -1.91. The lowest BCUT2D eigenvalue weighted by molar-refractivity contribution is 0.658. The van der Waals surface area contributed by atoms with Gasteiger partial charge in [0.25, 0.3) is 0 Å². The van der Waals surface area contributed by atoms with Gasteiger partial charge in [0.15, 0.2) is 0 Å². The van der Waals surface area contributed by atoms with Crippen LogP contribution in [0.1, 0.15) is 13.3 Å². The lowest BCUT2D eigenvalue weighted by atomic mass is 10.2. The van der Waals surface area contributed by atoms with Crippen LogP contribution in [0.2, 0.25) is 0 Å². The molecule has 0 aliphatic carbocycles. The number of rotatable bonds is 1. The van der Waals surface area contributed by atoms with Crippen molar-refractivity contribution in [3.63, 3.8) is 0 Å². The highest BCUT2D eigenvalue weighted by molar-refractivity contribution is 8.16. The van der Waals surface area contributed by atoms with Gasteiger partial charge in [0.05, 0.1) is 4.58 Å². The van der Waals surface area contributed by atoms with Crippen LogP contribution in [0.4, 0.5) is 0 Å². The van der Waals surface area contributed by atoms with Crippen LogP contribution >= 0.6 is 23.5 Å². The van der Waals surface area contributed by atoms with Crippen LogP contribution in [-0.4, -0.2) is 16.6 Å². The second-order valence-electron chi connectivity index (χ2n) is 2.34. The van der Waals surface area contributed by atoms with Crippen LogP contribution in [0.5, 0.6) is 0 Å². The Bertz CT molecular complexity index is 72.9. The van der Waals surface area contributed by atoms with Crippen LogP contribution in [0.3, 0.4) is 0 Å². The molecule has 0 amide bonds. The maximum absolute atomic E-state index is 2.34. The SMILES string of the molecule is CSC1CC(C)CS1. The molecule has 0 saturated carbocycles. The minimum Gasteiger partial charge on any atom is -0.151 e. The van der Waals surface area contributed by atoms with Crippen LogP contribution in [0, 0.1) is 5.92 Å². The first kappa shape index (κ1) is 6.81. The molecule has 0 N–H and O–H groups in total. The van der Waals surface area contributed by atoms with Crippen molar-refractivity contribution < 1.29 is 0 Å². The van der Waals surface area contributed by atoms with Gasteiger partial charge in [-0.15, -0.1) is 11.8 Å². The second-order valence-corrected chi connectivity index (χ2v) is 4.91. The van der Waals surface area contributed by atoms with E-state index in [0.29, 0.717) is 0 Å². The summed E-state index contributed by atoms with van der Waals surface area (Å²) in [6.45, 7) is 2.34. The van der Waals surface area contributed by atoms with Crippen molar-refractivity contribution in [2.75, 3.05) is 12.0 Å². The zero-order valence-electron chi connectivity index (χ0n) is 5.39. The molecule has 48 valence electrons. The Kier molecular flexibility index (Phi) is 2.57. The van der Waals surface area contributed by atoms with E-state index in [1.54, 1.807) is 0 Å². The van der Waals surface area contributed by atoms with Crippen molar-refractivity contribution in [2.45, 2.75) is 17.9 Å². The quantitative estimate of drug-likeness (QED) is 0.560. The highest BCUT2D eigenvalue weighted by atomic mass is 32.2. The molecule has 0 spiro atoms. The van der Waals surface area contributed by atoms with Gasteiger partial charge in [0.2, 0.25) is 0 Å². The van der Waals surface area contributed by atoms with Crippen molar-refractivity contribution in [1.29, 1.82) is 0 Å². The predicted molar refractivity (Wildman–Crippen MR) is 43.5 cm³/mol. The summed E-state index contributed by atoms with van der Waals surface area (Å²) >= 11 is 4.11. The summed E-state index contributed by atoms with van der Waals surface area (Å²) in [6, 6.07) is 0. The molecule has 0 aromatic carbocycles. The van der Waals surface area contributed by atoms with E-state index >= 15 is 0 Å². The standard InChI is InChI=1S/C6H12S2/c1-5-3-6(7-2)8-4-5/h5-6H,3-4H2,1-2H3. The van der Waals surface area contributed by atoms with Gasteiger partial charge >= 0.3 is 0 Å². The van der Waals surface area contributed by atoms with Gasteiger partial charge in [-0.2, -0.15) is 11.8 Å². The van der Waals surface area contributed by atoms with Gasteiger partial charge in [-0.3, -0.25) is 0 Å². The van der Waals surface area contributed by atoms with Gasteiger partial charge < -0.3 is 0 Å². The zero-order chi connectivity index (χ0) is 5.98. The topological polar surface area (TPSA) is 0 Å². The van der Waals surface area contributed by atoms with E-state index in [1.807, 2.05) is 11.8 Å². The minimum atomic E-state index is 0.907. The predicted octanol–water partition coefficient (Wildman–Crippen LogP) is 2.45. The average Bonchev–Trinajstić information content (AvgIpc) is 2.14. The summed E-state index contributed by atoms with van der Waals surface area (Å²) in [6.07, 6.45) is 3.63. The number of thioether (sulfide) groups is 2. The Morgan fingerprint density at radius 2 is 2.38 bits per heavy atom. The molecule has 0 bridgehead atoms. The van der Waals surface area contributed by atoms with Crippen molar-refractivity contribution >= 4 is 23.5 Å². The van der Waals surface area contributed by atoms with Gasteiger partial charge in [-0.05, 0) is 24.3 Å². The number of hydrogen-bond donors (Lipinski definition) is 0. The fourth-order valence-corrected chi connectivity index (χ4v) is 3.35. The fraction of sp³-hybridized carbons (Fsp3) is 1.00. The van der Waals surface area contributed by atoms with E-state index in [1.165, 1.54) is 12.2 Å². The molecular weight excluding hydrogens is 136 g/mol. The van der Waals surface area contributed by atoms with Gasteiger partial charge in [-0.25, -0.2) is 0 Å². The third-order valence-corrected chi connectivity index (χ3v) is 4.45. The second kappa shape index (κ2) is 3.02. The number of hydrogen-bond acceptors (Lipinski definition) is 2. The summed E-state index contributed by atoms with van der Waals surface area (Å²) in [7, 11) is 0. The Morgan fingerprint density at radius 3 is 2.62 bits per heavy atom. The van der Waals surface area contributed by atoms with E-state index in [4.69, 9.17) is 0 Å². The first-order chi connectivity index (χ1) is 3.83. The molecule has 1 aliphatic heterocycles. The van der Waals surface area contributed by atoms with Crippen molar-refractivity contribution in [2.24, 2.45) is 5.92 Å². The molecule has 8 heavy (non-hydrogen) atoms. The molecule has 1 aliphatic rings. The zero-order valence-corrected chi connectivity index (χ0v) is 7.02. The lowest BCUT2D eigenvalue weighted by Gasteiger charge is -2.00. The molecule has 0 aromatic rings. The molecule has 2 unspecified atom stereocenters. The first-order valence-corrected chi connectivity index (χ1v) is 5.31. The van der Waals surface area contributed by atoms with E-state index < -0.39 is 0 Å².